The molecule has 1 aliphatic heterocycles. The Morgan fingerprint density at radius 1 is 1.12 bits per heavy atom. The predicted molar refractivity (Wildman–Crippen MR) is 64.9 cm³/mol. The van der Waals surface area contributed by atoms with E-state index in [1.165, 1.54) is 37.8 Å². The summed E-state index contributed by atoms with van der Waals surface area (Å²) in [6.07, 6.45) is 6.27. The van der Waals surface area contributed by atoms with Crippen molar-refractivity contribution >= 4 is 0 Å². The summed E-state index contributed by atoms with van der Waals surface area (Å²) in [6, 6.07) is 6.93. The molecule has 0 radical (unpaired) electrons. The van der Waals surface area contributed by atoms with Gasteiger partial charge < -0.3 is 5.32 Å². The molecule has 0 aliphatic carbocycles. The molecule has 0 spiro atoms. The zero-order chi connectivity index (χ0) is 11.2. The molecule has 2 heteroatoms. The van der Waals surface area contributed by atoms with Gasteiger partial charge in [0.1, 0.15) is 5.82 Å². The van der Waals surface area contributed by atoms with E-state index in [0.29, 0.717) is 0 Å². The van der Waals surface area contributed by atoms with E-state index in [-0.39, 0.29) is 5.82 Å². The van der Waals surface area contributed by atoms with Gasteiger partial charge in [0.25, 0.3) is 0 Å². The van der Waals surface area contributed by atoms with Gasteiger partial charge in [0, 0.05) is 0 Å². The number of halogens is 1. The average molecular weight is 221 g/mol. The molecule has 0 amide bonds. The van der Waals surface area contributed by atoms with Gasteiger partial charge in [-0.25, -0.2) is 4.39 Å². The highest BCUT2D eigenvalue weighted by molar-refractivity contribution is 5.16. The Morgan fingerprint density at radius 2 is 1.94 bits per heavy atom. The van der Waals surface area contributed by atoms with Crippen molar-refractivity contribution in [2.24, 2.45) is 5.92 Å². The summed E-state index contributed by atoms with van der Waals surface area (Å²) in [4.78, 5) is 0. The number of hydrogen-bond donors (Lipinski definition) is 1. The third-order valence-corrected chi connectivity index (χ3v) is 3.45. The maximum atomic E-state index is 12.7. The molecular weight excluding hydrogens is 201 g/mol. The van der Waals surface area contributed by atoms with Gasteiger partial charge in [-0.2, -0.15) is 0 Å². The van der Waals surface area contributed by atoms with Gasteiger partial charge in [0.15, 0.2) is 0 Å². The molecule has 16 heavy (non-hydrogen) atoms. The molecule has 1 nitrogen and oxygen atoms in total. The Morgan fingerprint density at radius 3 is 2.75 bits per heavy atom. The fourth-order valence-corrected chi connectivity index (χ4v) is 2.40. The Hall–Kier alpha value is -0.890. The summed E-state index contributed by atoms with van der Waals surface area (Å²) in [5.41, 5.74) is 1.26. The molecule has 0 bridgehead atoms. The van der Waals surface area contributed by atoms with Crippen molar-refractivity contribution in [3.05, 3.63) is 35.6 Å². The van der Waals surface area contributed by atoms with E-state index in [1.807, 2.05) is 12.1 Å². The first-order valence-corrected chi connectivity index (χ1v) is 6.30. The summed E-state index contributed by atoms with van der Waals surface area (Å²) in [5.74, 6) is 0.711. The van der Waals surface area contributed by atoms with E-state index in [9.17, 15) is 4.39 Å². The van der Waals surface area contributed by atoms with E-state index in [0.717, 1.165) is 18.9 Å². The van der Waals surface area contributed by atoms with Crippen LogP contribution < -0.4 is 5.32 Å². The molecule has 1 unspecified atom stereocenters. The second kappa shape index (κ2) is 6.00. The van der Waals surface area contributed by atoms with Gasteiger partial charge in [-0.05, 0) is 68.8 Å². The maximum absolute atomic E-state index is 12.7. The third kappa shape index (κ3) is 3.60. The zero-order valence-electron chi connectivity index (χ0n) is 9.71. The van der Waals surface area contributed by atoms with Crippen LogP contribution in [0.5, 0.6) is 0 Å². The molecule has 1 N–H and O–H groups in total. The smallest absolute Gasteiger partial charge is 0.123 e. The fourth-order valence-electron chi connectivity index (χ4n) is 2.40. The highest BCUT2D eigenvalue weighted by atomic mass is 19.1. The number of benzene rings is 1. The van der Waals surface area contributed by atoms with Crippen molar-refractivity contribution in [2.75, 3.05) is 13.1 Å². The van der Waals surface area contributed by atoms with Crippen LogP contribution in [0.1, 0.15) is 31.2 Å². The van der Waals surface area contributed by atoms with Gasteiger partial charge in [0.05, 0.1) is 0 Å². The minimum atomic E-state index is -0.137. The lowest BCUT2D eigenvalue weighted by molar-refractivity contribution is 0.439. The Balaban J connectivity index is 1.79. The number of nitrogens with one attached hydrogen (secondary N) is 1. The third-order valence-electron chi connectivity index (χ3n) is 3.45. The summed E-state index contributed by atoms with van der Waals surface area (Å²) in [7, 11) is 0. The van der Waals surface area contributed by atoms with E-state index in [2.05, 4.69) is 5.32 Å². The van der Waals surface area contributed by atoms with Crippen LogP contribution in [0.4, 0.5) is 4.39 Å². The molecule has 88 valence electrons. The summed E-state index contributed by atoms with van der Waals surface area (Å²) < 4.78 is 12.7. The molecule has 1 aliphatic rings. The lowest BCUT2D eigenvalue weighted by atomic mass is 9.93. The van der Waals surface area contributed by atoms with Crippen LogP contribution in [0, 0.1) is 11.7 Å². The van der Waals surface area contributed by atoms with Crippen molar-refractivity contribution in [1.82, 2.24) is 5.32 Å². The van der Waals surface area contributed by atoms with Crippen molar-refractivity contribution < 1.29 is 4.39 Å². The van der Waals surface area contributed by atoms with Crippen molar-refractivity contribution in [3.63, 3.8) is 0 Å². The van der Waals surface area contributed by atoms with Crippen LogP contribution in [0.3, 0.4) is 0 Å². The fraction of sp³-hybridized carbons (Fsp3) is 0.571. The van der Waals surface area contributed by atoms with E-state index in [1.54, 1.807) is 12.1 Å². The van der Waals surface area contributed by atoms with Gasteiger partial charge in [-0.15, -0.1) is 0 Å². The topological polar surface area (TPSA) is 12.0 Å². The Kier molecular flexibility index (Phi) is 4.34. The van der Waals surface area contributed by atoms with Gasteiger partial charge >= 0.3 is 0 Å². The number of aryl methyl sites for hydroxylation is 1. The van der Waals surface area contributed by atoms with Crippen LogP contribution in [-0.4, -0.2) is 13.1 Å². The largest absolute Gasteiger partial charge is 0.317 e. The molecule has 0 aromatic heterocycles. The summed E-state index contributed by atoms with van der Waals surface area (Å²) in [5, 5.41) is 3.43. The molecule has 1 atom stereocenters. The molecule has 1 fully saturated rings. The molecule has 1 aromatic carbocycles. The van der Waals surface area contributed by atoms with Gasteiger partial charge in [-0.1, -0.05) is 12.1 Å². The molecule has 1 aromatic rings. The minimum Gasteiger partial charge on any atom is -0.317 e. The number of hydrogen-bond acceptors (Lipinski definition) is 1. The van der Waals surface area contributed by atoms with Crippen molar-refractivity contribution in [3.8, 4) is 0 Å². The van der Waals surface area contributed by atoms with Gasteiger partial charge in [0.2, 0.25) is 0 Å². The standard InChI is InChI=1S/C14H20FN/c15-14-7-5-13(6-8-14)4-3-12-2-1-10-16-11-9-12/h5-8,12,16H,1-4,9-11H2. The molecule has 1 saturated heterocycles. The summed E-state index contributed by atoms with van der Waals surface area (Å²) in [6.45, 7) is 2.33. The van der Waals surface area contributed by atoms with Crippen LogP contribution in [0.25, 0.3) is 0 Å². The van der Waals surface area contributed by atoms with E-state index < -0.39 is 0 Å². The minimum absolute atomic E-state index is 0.137. The molecule has 1 heterocycles. The van der Waals surface area contributed by atoms with Crippen LogP contribution in [0.15, 0.2) is 24.3 Å². The molecule has 0 saturated carbocycles. The van der Waals surface area contributed by atoms with Crippen LogP contribution >= 0.6 is 0 Å². The first-order chi connectivity index (χ1) is 7.84. The van der Waals surface area contributed by atoms with E-state index >= 15 is 0 Å². The summed E-state index contributed by atoms with van der Waals surface area (Å²) >= 11 is 0. The lowest BCUT2D eigenvalue weighted by Crippen LogP contribution is -2.14. The zero-order valence-corrected chi connectivity index (χ0v) is 9.71. The second-order valence-electron chi connectivity index (χ2n) is 4.71. The highest BCUT2D eigenvalue weighted by Crippen LogP contribution is 2.20. The maximum Gasteiger partial charge on any atom is 0.123 e. The van der Waals surface area contributed by atoms with Gasteiger partial charge in [-0.3, -0.25) is 0 Å². The lowest BCUT2D eigenvalue weighted by Gasteiger charge is -2.13. The van der Waals surface area contributed by atoms with E-state index in [4.69, 9.17) is 0 Å². The molecular formula is C14H20FN. The number of rotatable bonds is 3. The Labute approximate surface area is 97.1 Å². The quantitative estimate of drug-likeness (QED) is 0.826. The first-order valence-electron chi connectivity index (χ1n) is 6.30. The van der Waals surface area contributed by atoms with Crippen LogP contribution in [0.2, 0.25) is 0 Å². The van der Waals surface area contributed by atoms with Crippen molar-refractivity contribution in [2.45, 2.75) is 32.1 Å². The highest BCUT2D eigenvalue weighted by Gasteiger charge is 2.11. The monoisotopic (exact) mass is 221 g/mol. The Bertz CT molecular complexity index is 299. The molecule has 2 rings (SSSR count). The second-order valence-corrected chi connectivity index (χ2v) is 4.71. The predicted octanol–water partition coefficient (Wildman–Crippen LogP) is 3.15. The average Bonchev–Trinajstić information content (AvgIpc) is 2.57. The van der Waals surface area contributed by atoms with Crippen LogP contribution in [-0.2, 0) is 6.42 Å². The SMILES string of the molecule is Fc1ccc(CCC2CCCNCC2)cc1. The first kappa shape index (κ1) is 11.6. The normalized spacial score (nSPS) is 21.7. The van der Waals surface area contributed by atoms with Crippen molar-refractivity contribution in [1.29, 1.82) is 0 Å².